The molecule has 1 amide bonds. The summed E-state index contributed by atoms with van der Waals surface area (Å²) in [6.07, 6.45) is 3.50. The van der Waals surface area contributed by atoms with Crippen molar-refractivity contribution in [1.29, 1.82) is 0 Å². The van der Waals surface area contributed by atoms with Crippen LogP contribution in [0.4, 0.5) is 0 Å². The molecular formula is C20H24N4O. The SMILES string of the molecule is CCCn1c(CCNC(=O)c2ccc(C)c(C)c2)nc2cccnc21. The Hall–Kier alpha value is -2.69. The van der Waals surface area contributed by atoms with Crippen molar-refractivity contribution in [2.75, 3.05) is 6.54 Å². The maximum Gasteiger partial charge on any atom is 0.251 e. The van der Waals surface area contributed by atoms with E-state index in [-0.39, 0.29) is 5.91 Å². The van der Waals surface area contributed by atoms with Gasteiger partial charge < -0.3 is 9.88 Å². The Balaban J connectivity index is 1.69. The van der Waals surface area contributed by atoms with E-state index in [2.05, 4.69) is 26.8 Å². The minimum Gasteiger partial charge on any atom is -0.352 e. The fourth-order valence-corrected chi connectivity index (χ4v) is 2.93. The van der Waals surface area contributed by atoms with Gasteiger partial charge in [0.05, 0.1) is 0 Å². The summed E-state index contributed by atoms with van der Waals surface area (Å²) >= 11 is 0. The van der Waals surface area contributed by atoms with Crippen LogP contribution < -0.4 is 5.32 Å². The molecule has 0 bridgehead atoms. The summed E-state index contributed by atoms with van der Waals surface area (Å²) in [7, 11) is 0. The highest BCUT2D eigenvalue weighted by Gasteiger charge is 2.12. The van der Waals surface area contributed by atoms with E-state index >= 15 is 0 Å². The number of hydrogen-bond acceptors (Lipinski definition) is 3. The average molecular weight is 336 g/mol. The topological polar surface area (TPSA) is 59.8 Å². The van der Waals surface area contributed by atoms with Crippen molar-refractivity contribution < 1.29 is 4.79 Å². The van der Waals surface area contributed by atoms with Crippen LogP contribution in [0.1, 0.15) is 40.7 Å². The maximum absolute atomic E-state index is 12.3. The Morgan fingerprint density at radius 1 is 1.20 bits per heavy atom. The third-order valence-electron chi connectivity index (χ3n) is 4.43. The Bertz CT molecular complexity index is 898. The Kier molecular flexibility index (Phi) is 5.12. The first-order valence-corrected chi connectivity index (χ1v) is 8.75. The lowest BCUT2D eigenvalue weighted by Gasteiger charge is -2.09. The van der Waals surface area contributed by atoms with E-state index < -0.39 is 0 Å². The second-order valence-corrected chi connectivity index (χ2v) is 6.33. The zero-order chi connectivity index (χ0) is 17.8. The Morgan fingerprint density at radius 2 is 2.04 bits per heavy atom. The monoisotopic (exact) mass is 336 g/mol. The van der Waals surface area contributed by atoms with Crippen molar-refractivity contribution in [2.45, 2.75) is 40.2 Å². The number of imidazole rings is 1. The molecule has 2 heterocycles. The Morgan fingerprint density at radius 3 is 2.80 bits per heavy atom. The molecule has 2 aromatic heterocycles. The molecule has 130 valence electrons. The summed E-state index contributed by atoms with van der Waals surface area (Å²) in [5.41, 5.74) is 4.85. The lowest BCUT2D eigenvalue weighted by Crippen LogP contribution is -2.26. The molecule has 0 fully saturated rings. The van der Waals surface area contributed by atoms with E-state index in [1.165, 1.54) is 5.56 Å². The number of fused-ring (bicyclic) bond motifs is 1. The number of amides is 1. The lowest BCUT2D eigenvalue weighted by molar-refractivity contribution is 0.0954. The highest BCUT2D eigenvalue weighted by molar-refractivity contribution is 5.94. The van der Waals surface area contributed by atoms with Crippen LogP contribution in [0.5, 0.6) is 0 Å². The van der Waals surface area contributed by atoms with Gasteiger partial charge in [0.1, 0.15) is 11.3 Å². The first-order valence-electron chi connectivity index (χ1n) is 8.75. The smallest absolute Gasteiger partial charge is 0.251 e. The molecule has 1 aromatic carbocycles. The summed E-state index contributed by atoms with van der Waals surface area (Å²) in [6.45, 7) is 7.64. The van der Waals surface area contributed by atoms with Gasteiger partial charge in [-0.25, -0.2) is 9.97 Å². The second kappa shape index (κ2) is 7.47. The molecule has 0 saturated carbocycles. The van der Waals surface area contributed by atoms with E-state index in [9.17, 15) is 4.79 Å². The van der Waals surface area contributed by atoms with Gasteiger partial charge in [0, 0.05) is 31.3 Å². The van der Waals surface area contributed by atoms with Crippen LogP contribution in [-0.4, -0.2) is 27.0 Å². The van der Waals surface area contributed by atoms with E-state index in [1.54, 1.807) is 6.20 Å². The largest absolute Gasteiger partial charge is 0.352 e. The zero-order valence-electron chi connectivity index (χ0n) is 15.0. The molecule has 0 saturated heterocycles. The van der Waals surface area contributed by atoms with Crippen molar-refractivity contribution >= 4 is 17.1 Å². The summed E-state index contributed by atoms with van der Waals surface area (Å²) in [6, 6.07) is 9.66. The van der Waals surface area contributed by atoms with Crippen LogP contribution in [0.25, 0.3) is 11.2 Å². The summed E-state index contributed by atoms with van der Waals surface area (Å²) in [4.78, 5) is 21.4. The van der Waals surface area contributed by atoms with Crippen LogP contribution in [0.3, 0.4) is 0 Å². The van der Waals surface area contributed by atoms with E-state index in [0.717, 1.165) is 35.5 Å². The molecule has 5 nitrogen and oxygen atoms in total. The number of carbonyl (C=O) groups is 1. The summed E-state index contributed by atoms with van der Waals surface area (Å²) in [5.74, 6) is 0.926. The molecule has 0 aliphatic carbocycles. The van der Waals surface area contributed by atoms with Crippen LogP contribution in [0.2, 0.25) is 0 Å². The van der Waals surface area contributed by atoms with Gasteiger partial charge in [-0.05, 0) is 55.7 Å². The minimum atomic E-state index is -0.0422. The summed E-state index contributed by atoms with van der Waals surface area (Å²) in [5, 5.41) is 3.00. The molecule has 0 radical (unpaired) electrons. The zero-order valence-corrected chi connectivity index (χ0v) is 15.0. The molecule has 5 heteroatoms. The molecular weight excluding hydrogens is 312 g/mol. The molecule has 0 spiro atoms. The molecule has 0 unspecified atom stereocenters. The molecule has 25 heavy (non-hydrogen) atoms. The molecule has 3 rings (SSSR count). The number of aromatic nitrogens is 3. The normalized spacial score (nSPS) is 11.0. The number of carbonyl (C=O) groups excluding carboxylic acids is 1. The molecule has 0 atom stereocenters. The van der Waals surface area contributed by atoms with Crippen LogP contribution in [-0.2, 0) is 13.0 Å². The highest BCUT2D eigenvalue weighted by Crippen LogP contribution is 2.14. The van der Waals surface area contributed by atoms with Gasteiger partial charge in [-0.1, -0.05) is 13.0 Å². The molecule has 3 aromatic rings. The first kappa shape index (κ1) is 17.1. The van der Waals surface area contributed by atoms with Crippen molar-refractivity contribution in [3.8, 4) is 0 Å². The van der Waals surface area contributed by atoms with Gasteiger partial charge in [0.15, 0.2) is 5.65 Å². The van der Waals surface area contributed by atoms with E-state index in [1.807, 2.05) is 44.2 Å². The highest BCUT2D eigenvalue weighted by atomic mass is 16.1. The van der Waals surface area contributed by atoms with Crippen molar-refractivity contribution in [1.82, 2.24) is 19.9 Å². The van der Waals surface area contributed by atoms with Crippen LogP contribution in [0.15, 0.2) is 36.5 Å². The van der Waals surface area contributed by atoms with Gasteiger partial charge in [-0.2, -0.15) is 0 Å². The molecule has 0 aliphatic heterocycles. The summed E-state index contributed by atoms with van der Waals surface area (Å²) < 4.78 is 2.15. The predicted molar refractivity (Wildman–Crippen MR) is 99.8 cm³/mol. The standard InChI is InChI=1S/C20H24N4O/c1-4-12-24-18(23-17-6-5-10-21-19(17)24)9-11-22-20(25)16-8-7-14(2)15(3)13-16/h5-8,10,13H,4,9,11-12H2,1-3H3,(H,22,25). The van der Waals surface area contributed by atoms with Gasteiger partial charge in [-0.15, -0.1) is 0 Å². The van der Waals surface area contributed by atoms with Gasteiger partial charge in [0.25, 0.3) is 5.91 Å². The third-order valence-corrected chi connectivity index (χ3v) is 4.43. The third kappa shape index (κ3) is 3.71. The number of aryl methyl sites for hydroxylation is 3. The second-order valence-electron chi connectivity index (χ2n) is 6.33. The van der Waals surface area contributed by atoms with Gasteiger partial charge in [0.2, 0.25) is 0 Å². The number of rotatable bonds is 6. The van der Waals surface area contributed by atoms with E-state index in [0.29, 0.717) is 18.5 Å². The predicted octanol–water partition coefficient (Wildman–Crippen LogP) is 3.43. The fourth-order valence-electron chi connectivity index (χ4n) is 2.93. The first-order chi connectivity index (χ1) is 12.1. The van der Waals surface area contributed by atoms with Gasteiger partial charge >= 0.3 is 0 Å². The average Bonchev–Trinajstić information content (AvgIpc) is 2.95. The number of nitrogens with zero attached hydrogens (tertiary/aromatic N) is 3. The molecule has 0 aliphatic rings. The number of nitrogens with one attached hydrogen (secondary N) is 1. The molecule has 1 N–H and O–H groups in total. The van der Waals surface area contributed by atoms with Crippen LogP contribution >= 0.6 is 0 Å². The number of pyridine rings is 1. The minimum absolute atomic E-state index is 0.0422. The maximum atomic E-state index is 12.3. The van der Waals surface area contributed by atoms with Crippen molar-refractivity contribution in [3.05, 3.63) is 59.0 Å². The lowest BCUT2D eigenvalue weighted by atomic mass is 10.1. The number of hydrogen-bond donors (Lipinski definition) is 1. The van der Waals surface area contributed by atoms with Crippen molar-refractivity contribution in [2.24, 2.45) is 0 Å². The Labute approximate surface area is 148 Å². The number of benzene rings is 1. The fraction of sp³-hybridized carbons (Fsp3) is 0.350. The van der Waals surface area contributed by atoms with Crippen molar-refractivity contribution in [3.63, 3.8) is 0 Å². The van der Waals surface area contributed by atoms with Crippen LogP contribution in [0, 0.1) is 13.8 Å². The quantitative estimate of drug-likeness (QED) is 0.750. The van der Waals surface area contributed by atoms with Gasteiger partial charge in [-0.3, -0.25) is 4.79 Å². The van der Waals surface area contributed by atoms with E-state index in [4.69, 9.17) is 0 Å².